The molecule has 0 saturated heterocycles. The van der Waals surface area contributed by atoms with Crippen LogP contribution < -0.4 is 10.6 Å². The Kier molecular flexibility index (Phi) is 5.60. The number of urea groups is 1. The van der Waals surface area contributed by atoms with Gasteiger partial charge in [0.25, 0.3) is 0 Å². The average molecular weight is 367 g/mol. The number of anilines is 2. The first-order chi connectivity index (χ1) is 12.7. The summed E-state index contributed by atoms with van der Waals surface area (Å²) in [4.78, 5) is 29.1. The number of carbonyl (C=O) groups is 2. The summed E-state index contributed by atoms with van der Waals surface area (Å²) < 4.78 is 4.75. The maximum atomic E-state index is 12.2. The van der Waals surface area contributed by atoms with E-state index in [1.165, 1.54) is 18.4 Å². The predicted octanol–water partition coefficient (Wildman–Crippen LogP) is 4.17. The second kappa shape index (κ2) is 8.26. The Morgan fingerprint density at radius 1 is 1.00 bits per heavy atom. The van der Waals surface area contributed by atoms with Gasteiger partial charge in [0.05, 0.1) is 19.2 Å². The highest BCUT2D eigenvalue weighted by atomic mass is 32.1. The molecule has 0 aliphatic heterocycles. The zero-order chi connectivity index (χ0) is 18.4. The minimum absolute atomic E-state index is 0.0976. The van der Waals surface area contributed by atoms with E-state index in [0.717, 1.165) is 10.4 Å². The largest absolute Gasteiger partial charge is 0.469 e. The number of esters is 1. The molecule has 0 aliphatic carbocycles. The van der Waals surface area contributed by atoms with E-state index in [1.54, 1.807) is 12.1 Å². The lowest BCUT2D eigenvalue weighted by molar-refractivity contribution is -0.139. The van der Waals surface area contributed by atoms with E-state index in [-0.39, 0.29) is 12.4 Å². The summed E-state index contributed by atoms with van der Waals surface area (Å²) in [5.74, 6) is -0.355. The molecule has 6 nitrogen and oxygen atoms in total. The van der Waals surface area contributed by atoms with Gasteiger partial charge in [-0.25, -0.2) is 9.78 Å². The number of benzene rings is 2. The van der Waals surface area contributed by atoms with E-state index in [4.69, 9.17) is 4.74 Å². The average Bonchev–Trinajstić information content (AvgIpc) is 3.05. The van der Waals surface area contributed by atoms with Gasteiger partial charge in [-0.3, -0.25) is 10.1 Å². The Bertz CT molecular complexity index is 895. The van der Waals surface area contributed by atoms with Crippen LogP contribution in [-0.4, -0.2) is 24.1 Å². The summed E-state index contributed by atoms with van der Waals surface area (Å²) in [6.07, 6.45) is 0.0976. The third kappa shape index (κ3) is 4.46. The number of ether oxygens (including phenoxy) is 1. The normalized spacial score (nSPS) is 10.2. The summed E-state index contributed by atoms with van der Waals surface area (Å²) in [6, 6.07) is 18.2. The molecule has 0 aliphatic rings. The molecule has 0 bridgehead atoms. The summed E-state index contributed by atoms with van der Waals surface area (Å²) >= 11 is 1.25. The standard InChI is InChI=1S/C19H17N3O3S/c1-25-16(23)12-15-17(13-8-4-2-5-9-13)21-19(26-15)22-18(24)20-14-10-6-3-7-11-14/h2-11H,12H2,1H3,(H2,20,21,22,24). The van der Waals surface area contributed by atoms with Gasteiger partial charge in [-0.2, -0.15) is 0 Å². The smallest absolute Gasteiger partial charge is 0.325 e. The molecule has 3 rings (SSSR count). The Balaban J connectivity index is 1.81. The van der Waals surface area contributed by atoms with Crippen molar-refractivity contribution in [1.29, 1.82) is 0 Å². The number of amides is 2. The van der Waals surface area contributed by atoms with Crippen LogP contribution in [0.15, 0.2) is 60.7 Å². The van der Waals surface area contributed by atoms with E-state index < -0.39 is 6.03 Å². The van der Waals surface area contributed by atoms with Crippen LogP contribution in [0.3, 0.4) is 0 Å². The quantitative estimate of drug-likeness (QED) is 0.663. The number of hydrogen-bond acceptors (Lipinski definition) is 5. The van der Waals surface area contributed by atoms with Crippen molar-refractivity contribution in [1.82, 2.24) is 4.98 Å². The second-order valence-electron chi connectivity index (χ2n) is 5.35. The van der Waals surface area contributed by atoms with E-state index in [9.17, 15) is 9.59 Å². The molecule has 0 atom stereocenters. The molecule has 1 aromatic heterocycles. The Hall–Kier alpha value is -3.19. The minimum atomic E-state index is -0.394. The maximum absolute atomic E-state index is 12.2. The Morgan fingerprint density at radius 3 is 2.31 bits per heavy atom. The molecule has 0 unspecified atom stereocenters. The molecule has 132 valence electrons. The van der Waals surface area contributed by atoms with E-state index in [0.29, 0.717) is 16.5 Å². The molecule has 0 saturated carbocycles. The number of nitrogens with zero attached hydrogens (tertiary/aromatic N) is 1. The lowest BCUT2D eigenvalue weighted by Crippen LogP contribution is -2.19. The predicted molar refractivity (Wildman–Crippen MR) is 102 cm³/mol. The summed E-state index contributed by atoms with van der Waals surface area (Å²) in [6.45, 7) is 0. The van der Waals surface area contributed by atoms with E-state index in [2.05, 4.69) is 15.6 Å². The minimum Gasteiger partial charge on any atom is -0.469 e. The van der Waals surface area contributed by atoms with Crippen LogP contribution >= 0.6 is 11.3 Å². The van der Waals surface area contributed by atoms with Gasteiger partial charge in [0.2, 0.25) is 0 Å². The monoisotopic (exact) mass is 367 g/mol. The highest BCUT2D eigenvalue weighted by molar-refractivity contribution is 7.16. The number of methoxy groups -OCH3 is 1. The number of para-hydroxylation sites is 1. The van der Waals surface area contributed by atoms with Gasteiger partial charge in [0.15, 0.2) is 5.13 Å². The van der Waals surface area contributed by atoms with Crippen LogP contribution in [0, 0.1) is 0 Å². The van der Waals surface area contributed by atoms with Crippen molar-refractivity contribution >= 4 is 34.2 Å². The fourth-order valence-electron chi connectivity index (χ4n) is 2.33. The van der Waals surface area contributed by atoms with Crippen molar-refractivity contribution in [2.45, 2.75) is 6.42 Å². The van der Waals surface area contributed by atoms with Gasteiger partial charge in [-0.1, -0.05) is 48.5 Å². The van der Waals surface area contributed by atoms with Crippen molar-refractivity contribution < 1.29 is 14.3 Å². The number of thiazole rings is 1. The summed E-state index contributed by atoms with van der Waals surface area (Å²) in [5, 5.41) is 5.87. The van der Waals surface area contributed by atoms with E-state index in [1.807, 2.05) is 48.5 Å². The van der Waals surface area contributed by atoms with E-state index >= 15 is 0 Å². The number of carbonyl (C=O) groups excluding carboxylic acids is 2. The highest BCUT2D eigenvalue weighted by Gasteiger charge is 2.17. The van der Waals surface area contributed by atoms with Crippen LogP contribution in [-0.2, 0) is 16.0 Å². The van der Waals surface area contributed by atoms with Crippen molar-refractivity contribution in [2.75, 3.05) is 17.7 Å². The zero-order valence-electron chi connectivity index (χ0n) is 14.1. The van der Waals surface area contributed by atoms with Crippen LogP contribution in [0.5, 0.6) is 0 Å². The fraction of sp³-hybridized carbons (Fsp3) is 0.105. The van der Waals surface area contributed by atoms with Crippen molar-refractivity contribution in [3.8, 4) is 11.3 Å². The molecule has 0 radical (unpaired) electrons. The van der Waals surface area contributed by atoms with Gasteiger partial charge in [-0.05, 0) is 12.1 Å². The third-order valence-electron chi connectivity index (χ3n) is 3.53. The summed E-state index contributed by atoms with van der Waals surface area (Å²) in [7, 11) is 1.35. The SMILES string of the molecule is COC(=O)Cc1sc(NC(=O)Nc2ccccc2)nc1-c1ccccc1. The van der Waals surface area contributed by atoms with Crippen molar-refractivity contribution in [3.63, 3.8) is 0 Å². The van der Waals surface area contributed by atoms with Gasteiger partial charge in [0.1, 0.15) is 0 Å². The first-order valence-corrected chi connectivity index (χ1v) is 8.72. The number of rotatable bonds is 5. The van der Waals surface area contributed by atoms with Crippen molar-refractivity contribution in [3.05, 3.63) is 65.5 Å². The molecule has 7 heteroatoms. The molecule has 0 spiro atoms. The fourth-order valence-corrected chi connectivity index (χ4v) is 3.30. The second-order valence-corrected chi connectivity index (χ2v) is 6.44. The Labute approximate surface area is 154 Å². The first kappa shape index (κ1) is 17.6. The molecule has 0 fully saturated rings. The van der Waals surface area contributed by atoms with Gasteiger partial charge >= 0.3 is 12.0 Å². The third-order valence-corrected chi connectivity index (χ3v) is 4.50. The maximum Gasteiger partial charge on any atom is 0.325 e. The molecule has 3 aromatic rings. The Morgan fingerprint density at radius 2 is 1.65 bits per heavy atom. The number of aromatic nitrogens is 1. The van der Waals surface area contributed by atoms with Crippen molar-refractivity contribution in [2.24, 2.45) is 0 Å². The molecule has 2 amide bonds. The van der Waals surface area contributed by atoms with Gasteiger partial charge in [0, 0.05) is 16.1 Å². The number of hydrogen-bond donors (Lipinski definition) is 2. The molecular weight excluding hydrogens is 350 g/mol. The topological polar surface area (TPSA) is 80.3 Å². The van der Waals surface area contributed by atoms with Crippen LogP contribution in [0.25, 0.3) is 11.3 Å². The highest BCUT2D eigenvalue weighted by Crippen LogP contribution is 2.31. The molecule has 26 heavy (non-hydrogen) atoms. The van der Waals surface area contributed by atoms with Gasteiger partial charge in [-0.15, -0.1) is 11.3 Å². The van der Waals surface area contributed by atoms with Crippen LogP contribution in [0.4, 0.5) is 15.6 Å². The van der Waals surface area contributed by atoms with Crippen LogP contribution in [0.1, 0.15) is 4.88 Å². The lowest BCUT2D eigenvalue weighted by atomic mass is 10.1. The van der Waals surface area contributed by atoms with Gasteiger partial charge < -0.3 is 10.1 Å². The molecule has 2 N–H and O–H groups in total. The first-order valence-electron chi connectivity index (χ1n) is 7.90. The number of nitrogens with one attached hydrogen (secondary N) is 2. The molecule has 2 aromatic carbocycles. The zero-order valence-corrected chi connectivity index (χ0v) is 14.9. The summed E-state index contributed by atoms with van der Waals surface area (Å²) in [5.41, 5.74) is 2.22. The lowest BCUT2D eigenvalue weighted by Gasteiger charge is -2.04. The van der Waals surface area contributed by atoms with Crippen LogP contribution in [0.2, 0.25) is 0 Å². The molecule has 1 heterocycles. The molecular formula is C19H17N3O3S.